The van der Waals surface area contributed by atoms with Gasteiger partial charge in [-0.05, 0) is 43.3 Å². The number of nitrogens with zero attached hydrogens (tertiary/aromatic N) is 5. The van der Waals surface area contributed by atoms with E-state index in [-0.39, 0.29) is 10.8 Å². The zero-order chi connectivity index (χ0) is 22.0. The highest BCUT2D eigenvalue weighted by Gasteiger charge is 2.29. The number of benzene rings is 1. The Labute approximate surface area is 181 Å². The Morgan fingerprint density at radius 2 is 1.58 bits per heavy atom. The molecule has 0 saturated carbocycles. The molecule has 31 heavy (non-hydrogen) atoms. The van der Waals surface area contributed by atoms with E-state index in [9.17, 15) is 13.2 Å². The second-order valence-electron chi connectivity index (χ2n) is 7.32. The van der Waals surface area contributed by atoms with Crippen molar-refractivity contribution in [2.75, 3.05) is 36.4 Å². The summed E-state index contributed by atoms with van der Waals surface area (Å²) in [5.41, 5.74) is 0.564. The molecule has 0 spiro atoms. The smallest absolute Gasteiger partial charge is 0.243 e. The fraction of sp³-hybridized carbons (Fsp3) is 0.286. The number of sulfonamides is 1. The number of carbonyl (C=O) groups excluding carboxylic acids is 1. The minimum atomic E-state index is -3.61. The van der Waals surface area contributed by atoms with Gasteiger partial charge in [-0.3, -0.25) is 4.79 Å². The summed E-state index contributed by atoms with van der Waals surface area (Å²) >= 11 is 0. The van der Waals surface area contributed by atoms with Crippen molar-refractivity contribution in [1.82, 2.24) is 18.8 Å². The number of hydrogen-bond donors (Lipinski definition) is 1. The van der Waals surface area contributed by atoms with Crippen LogP contribution in [-0.2, 0) is 14.8 Å². The molecule has 1 saturated heterocycles. The first-order valence-corrected chi connectivity index (χ1v) is 11.4. The van der Waals surface area contributed by atoms with Gasteiger partial charge in [0.1, 0.15) is 17.5 Å². The molecule has 1 fully saturated rings. The number of rotatable bonds is 5. The Morgan fingerprint density at radius 1 is 0.968 bits per heavy atom. The van der Waals surface area contributed by atoms with E-state index < -0.39 is 10.0 Å². The molecule has 1 aliphatic rings. The van der Waals surface area contributed by atoms with E-state index >= 15 is 0 Å². The van der Waals surface area contributed by atoms with Gasteiger partial charge in [0.2, 0.25) is 15.9 Å². The number of aromatic nitrogens is 3. The third-order valence-electron chi connectivity index (χ3n) is 5.05. The molecule has 1 N–H and O–H groups in total. The summed E-state index contributed by atoms with van der Waals surface area (Å²) in [4.78, 5) is 22.5. The second-order valence-corrected chi connectivity index (χ2v) is 9.26. The largest absolute Gasteiger partial charge is 0.354 e. The molecule has 0 atom stereocenters. The van der Waals surface area contributed by atoms with Crippen LogP contribution in [0, 0.1) is 6.92 Å². The molecule has 4 rings (SSSR count). The number of nitrogens with one attached hydrogen (secondary N) is 1. The molecule has 0 unspecified atom stereocenters. The summed E-state index contributed by atoms with van der Waals surface area (Å²) in [5, 5.41) is 2.64. The Hall–Kier alpha value is -3.24. The lowest BCUT2D eigenvalue weighted by molar-refractivity contribution is -0.114. The molecule has 162 valence electrons. The number of carbonyl (C=O) groups is 1. The van der Waals surface area contributed by atoms with Crippen LogP contribution in [-0.4, -0.2) is 59.3 Å². The number of anilines is 2. The molecule has 0 aliphatic carbocycles. The van der Waals surface area contributed by atoms with Crippen LogP contribution in [0.1, 0.15) is 12.7 Å². The first-order valence-electron chi connectivity index (χ1n) is 9.95. The average Bonchev–Trinajstić information content (AvgIpc) is 3.28. The van der Waals surface area contributed by atoms with E-state index in [0.717, 1.165) is 11.6 Å². The first-order chi connectivity index (χ1) is 14.8. The molecule has 10 heteroatoms. The predicted molar refractivity (Wildman–Crippen MR) is 118 cm³/mol. The SMILES string of the molecule is CC(=O)Nc1ccc(S(=O)(=O)N2CCN(c3cc(-n4cccc4)nc(C)n3)CC2)cc1. The average molecular weight is 441 g/mol. The second kappa shape index (κ2) is 8.48. The van der Waals surface area contributed by atoms with Crippen molar-refractivity contribution in [2.45, 2.75) is 18.7 Å². The van der Waals surface area contributed by atoms with Crippen LogP contribution in [0.15, 0.2) is 59.8 Å². The van der Waals surface area contributed by atoms with E-state index in [4.69, 9.17) is 0 Å². The van der Waals surface area contributed by atoms with Gasteiger partial charge in [-0.1, -0.05) is 0 Å². The van der Waals surface area contributed by atoms with Crippen LogP contribution < -0.4 is 10.2 Å². The molecule has 9 nitrogen and oxygen atoms in total. The van der Waals surface area contributed by atoms with Gasteiger partial charge in [-0.25, -0.2) is 18.4 Å². The zero-order valence-electron chi connectivity index (χ0n) is 17.4. The molecule has 3 aromatic rings. The van der Waals surface area contributed by atoms with Crippen LogP contribution in [0.25, 0.3) is 5.82 Å². The minimum absolute atomic E-state index is 0.202. The van der Waals surface area contributed by atoms with Crippen molar-refractivity contribution in [3.63, 3.8) is 0 Å². The molecule has 1 aromatic carbocycles. The number of piperazine rings is 1. The number of aryl methyl sites for hydroxylation is 1. The highest BCUT2D eigenvalue weighted by atomic mass is 32.2. The first kappa shape index (κ1) is 21.0. The van der Waals surface area contributed by atoms with Crippen molar-refractivity contribution < 1.29 is 13.2 Å². The number of hydrogen-bond acceptors (Lipinski definition) is 6. The van der Waals surface area contributed by atoms with Gasteiger partial charge in [-0.2, -0.15) is 4.31 Å². The van der Waals surface area contributed by atoms with Gasteiger partial charge in [0.25, 0.3) is 0 Å². The lowest BCUT2D eigenvalue weighted by Gasteiger charge is -2.34. The van der Waals surface area contributed by atoms with E-state index in [1.54, 1.807) is 12.1 Å². The van der Waals surface area contributed by atoms with Crippen LogP contribution >= 0.6 is 0 Å². The maximum atomic E-state index is 13.0. The van der Waals surface area contributed by atoms with Gasteiger partial charge in [0.15, 0.2) is 0 Å². The van der Waals surface area contributed by atoms with Crippen molar-refractivity contribution in [3.8, 4) is 5.82 Å². The Bertz CT molecular complexity index is 1170. The molecule has 0 radical (unpaired) electrons. The predicted octanol–water partition coefficient (Wildman–Crippen LogP) is 2.05. The van der Waals surface area contributed by atoms with Gasteiger partial charge >= 0.3 is 0 Å². The van der Waals surface area contributed by atoms with Gasteiger partial charge in [-0.15, -0.1) is 0 Å². The van der Waals surface area contributed by atoms with Crippen molar-refractivity contribution in [3.05, 3.63) is 60.7 Å². The summed E-state index contributed by atoms with van der Waals surface area (Å²) in [7, 11) is -3.61. The molecule has 0 bridgehead atoms. The fourth-order valence-corrected chi connectivity index (χ4v) is 4.96. The summed E-state index contributed by atoms with van der Waals surface area (Å²) in [5.74, 6) is 2.02. The summed E-state index contributed by atoms with van der Waals surface area (Å²) in [6, 6.07) is 12.0. The monoisotopic (exact) mass is 440 g/mol. The molecule has 3 heterocycles. The van der Waals surface area contributed by atoms with Gasteiger partial charge in [0, 0.05) is 57.3 Å². The van der Waals surface area contributed by atoms with E-state index in [1.165, 1.54) is 23.4 Å². The zero-order valence-corrected chi connectivity index (χ0v) is 18.2. The highest BCUT2D eigenvalue weighted by molar-refractivity contribution is 7.89. The van der Waals surface area contributed by atoms with Crippen molar-refractivity contribution >= 4 is 27.4 Å². The lowest BCUT2D eigenvalue weighted by Crippen LogP contribution is -2.49. The molecule has 1 amide bonds. The van der Waals surface area contributed by atoms with Crippen molar-refractivity contribution in [1.29, 1.82) is 0 Å². The molecule has 1 aliphatic heterocycles. The summed E-state index contributed by atoms with van der Waals surface area (Å²) < 4.78 is 29.4. The number of amides is 1. The van der Waals surface area contributed by atoms with E-state index in [0.29, 0.717) is 37.7 Å². The van der Waals surface area contributed by atoms with Gasteiger partial charge in [0.05, 0.1) is 4.90 Å². The quantitative estimate of drug-likeness (QED) is 0.652. The fourth-order valence-electron chi connectivity index (χ4n) is 3.54. The third kappa shape index (κ3) is 4.59. The molecular weight excluding hydrogens is 416 g/mol. The lowest BCUT2D eigenvalue weighted by atomic mass is 10.3. The minimum Gasteiger partial charge on any atom is -0.354 e. The Balaban J connectivity index is 1.46. The van der Waals surface area contributed by atoms with Crippen LogP contribution in [0.5, 0.6) is 0 Å². The third-order valence-corrected chi connectivity index (χ3v) is 6.97. The summed E-state index contributed by atoms with van der Waals surface area (Å²) in [6.45, 7) is 5.04. The topological polar surface area (TPSA) is 100 Å². The van der Waals surface area contributed by atoms with Crippen molar-refractivity contribution in [2.24, 2.45) is 0 Å². The molecular formula is C21H24N6O3S. The van der Waals surface area contributed by atoms with E-state index in [1.807, 2.05) is 42.1 Å². The van der Waals surface area contributed by atoms with Gasteiger partial charge < -0.3 is 14.8 Å². The highest BCUT2D eigenvalue weighted by Crippen LogP contribution is 2.22. The molecule has 2 aromatic heterocycles. The maximum absolute atomic E-state index is 13.0. The standard InChI is InChI=1S/C21H24N6O3S/c1-16-22-20(25-9-3-4-10-25)15-21(23-16)26-11-13-27(14-12-26)31(29,30)19-7-5-18(6-8-19)24-17(2)28/h3-10,15H,11-14H2,1-2H3,(H,24,28). The summed E-state index contributed by atoms with van der Waals surface area (Å²) in [6.07, 6.45) is 3.85. The Kier molecular flexibility index (Phi) is 5.75. The van der Waals surface area contributed by atoms with Crippen LogP contribution in [0.2, 0.25) is 0 Å². The normalized spacial score (nSPS) is 15.1. The van der Waals surface area contributed by atoms with E-state index in [2.05, 4.69) is 20.2 Å². The van der Waals surface area contributed by atoms with Crippen LogP contribution in [0.3, 0.4) is 0 Å². The Morgan fingerprint density at radius 3 is 2.19 bits per heavy atom. The maximum Gasteiger partial charge on any atom is 0.243 e. The van der Waals surface area contributed by atoms with Crippen LogP contribution in [0.4, 0.5) is 11.5 Å².